The number of hydrogen-bond donors (Lipinski definition) is 1. The van der Waals surface area contributed by atoms with Crippen molar-refractivity contribution < 1.29 is 14.1 Å². The van der Waals surface area contributed by atoms with Crippen molar-refractivity contribution in [1.29, 1.82) is 0 Å². The quantitative estimate of drug-likeness (QED) is 0.640. The molecular weight excluding hydrogens is 367 g/mol. The van der Waals surface area contributed by atoms with Crippen LogP contribution in [0.3, 0.4) is 0 Å². The zero-order chi connectivity index (χ0) is 15.6. The molecule has 0 bridgehead atoms. The van der Waals surface area contributed by atoms with Crippen LogP contribution < -0.4 is 5.32 Å². The van der Waals surface area contributed by atoms with E-state index in [1.807, 2.05) is 0 Å². The Kier molecular flexibility index (Phi) is 4.54. The predicted molar refractivity (Wildman–Crippen MR) is 80.2 cm³/mol. The van der Waals surface area contributed by atoms with Crippen molar-refractivity contribution in [3.63, 3.8) is 0 Å². The van der Waals surface area contributed by atoms with Gasteiger partial charge in [0, 0.05) is 15.6 Å². The minimum Gasteiger partial charge on any atom is -0.316 e. The van der Waals surface area contributed by atoms with Gasteiger partial charge in [-0.05, 0) is 46.3 Å². The van der Waals surface area contributed by atoms with E-state index in [4.69, 9.17) is 11.6 Å². The molecule has 0 aliphatic heterocycles. The van der Waals surface area contributed by atoms with E-state index in [2.05, 4.69) is 21.2 Å². The summed E-state index contributed by atoms with van der Waals surface area (Å²) in [6.07, 6.45) is 0. The molecule has 0 saturated carbocycles. The molecule has 8 heteroatoms. The lowest BCUT2D eigenvalue weighted by atomic mass is 10.2. The minimum atomic E-state index is -0.652. The molecule has 0 spiro atoms. The topological polar surface area (TPSA) is 72.2 Å². The van der Waals surface area contributed by atoms with Gasteiger partial charge in [-0.25, -0.2) is 4.39 Å². The minimum absolute atomic E-state index is 0.00521. The highest BCUT2D eigenvalue weighted by atomic mass is 79.9. The lowest BCUT2D eigenvalue weighted by molar-refractivity contribution is -0.383. The van der Waals surface area contributed by atoms with Crippen molar-refractivity contribution >= 4 is 44.8 Å². The SMILES string of the molecule is O=C(Nc1ccc(Cl)cc1[N+](=O)[O-])c1ccc(F)cc1Br. The highest BCUT2D eigenvalue weighted by Crippen LogP contribution is 2.29. The van der Waals surface area contributed by atoms with Crippen LogP contribution in [0.1, 0.15) is 10.4 Å². The number of halogens is 3. The molecule has 2 rings (SSSR count). The predicted octanol–water partition coefficient (Wildman–Crippen LogP) is 4.40. The fourth-order valence-corrected chi connectivity index (χ4v) is 2.32. The first kappa shape index (κ1) is 15.4. The summed E-state index contributed by atoms with van der Waals surface area (Å²) in [5.74, 6) is -1.11. The molecule has 0 radical (unpaired) electrons. The Morgan fingerprint density at radius 3 is 2.62 bits per heavy atom. The smallest absolute Gasteiger partial charge is 0.294 e. The number of nitro groups is 1. The van der Waals surface area contributed by atoms with Gasteiger partial charge in [0.05, 0.1) is 10.5 Å². The third-order valence-corrected chi connectivity index (χ3v) is 3.47. The highest BCUT2D eigenvalue weighted by Gasteiger charge is 2.18. The van der Waals surface area contributed by atoms with Gasteiger partial charge < -0.3 is 5.32 Å². The zero-order valence-electron chi connectivity index (χ0n) is 10.3. The second-order valence-corrected chi connectivity index (χ2v) is 5.29. The van der Waals surface area contributed by atoms with Gasteiger partial charge in [-0.2, -0.15) is 0 Å². The van der Waals surface area contributed by atoms with Crippen LogP contribution in [0.5, 0.6) is 0 Å². The third kappa shape index (κ3) is 3.56. The van der Waals surface area contributed by atoms with E-state index < -0.39 is 16.6 Å². The fourth-order valence-electron chi connectivity index (χ4n) is 1.62. The van der Waals surface area contributed by atoms with E-state index in [-0.39, 0.29) is 26.4 Å². The molecule has 1 N–H and O–H groups in total. The maximum atomic E-state index is 13.0. The molecule has 0 aromatic heterocycles. The van der Waals surface area contributed by atoms with E-state index in [1.165, 1.54) is 18.2 Å². The molecule has 0 atom stereocenters. The molecule has 2 aromatic carbocycles. The van der Waals surface area contributed by atoms with Gasteiger partial charge in [-0.1, -0.05) is 11.6 Å². The number of nitrogens with zero attached hydrogens (tertiary/aromatic N) is 1. The molecule has 5 nitrogen and oxygen atoms in total. The first-order valence-electron chi connectivity index (χ1n) is 5.59. The number of carbonyl (C=O) groups excluding carboxylic acids is 1. The summed E-state index contributed by atoms with van der Waals surface area (Å²) in [5.41, 5.74) is -0.166. The zero-order valence-corrected chi connectivity index (χ0v) is 12.6. The number of benzene rings is 2. The summed E-state index contributed by atoms with van der Waals surface area (Å²) in [4.78, 5) is 22.4. The maximum absolute atomic E-state index is 13.0. The summed E-state index contributed by atoms with van der Waals surface area (Å²) in [7, 11) is 0. The van der Waals surface area contributed by atoms with Crippen LogP contribution in [0, 0.1) is 15.9 Å². The monoisotopic (exact) mass is 372 g/mol. The van der Waals surface area contributed by atoms with Gasteiger partial charge in [0.15, 0.2) is 0 Å². The number of nitrogens with one attached hydrogen (secondary N) is 1. The molecular formula is C13H7BrClFN2O3. The van der Waals surface area contributed by atoms with Crippen molar-refractivity contribution in [3.8, 4) is 0 Å². The summed E-state index contributed by atoms with van der Waals surface area (Å²) >= 11 is 8.76. The van der Waals surface area contributed by atoms with Crippen molar-refractivity contribution in [2.24, 2.45) is 0 Å². The van der Waals surface area contributed by atoms with E-state index in [1.54, 1.807) is 0 Å². The summed E-state index contributed by atoms with van der Waals surface area (Å²) in [5, 5.41) is 13.5. The van der Waals surface area contributed by atoms with Gasteiger partial charge in [-0.15, -0.1) is 0 Å². The molecule has 2 aromatic rings. The second kappa shape index (κ2) is 6.19. The van der Waals surface area contributed by atoms with Crippen molar-refractivity contribution in [2.75, 3.05) is 5.32 Å². The lowest BCUT2D eigenvalue weighted by Gasteiger charge is -2.08. The molecule has 0 fully saturated rings. The molecule has 21 heavy (non-hydrogen) atoms. The Labute approximate surface area is 132 Å². The molecule has 0 unspecified atom stereocenters. The number of anilines is 1. The van der Waals surface area contributed by atoms with Gasteiger partial charge in [0.2, 0.25) is 0 Å². The van der Waals surface area contributed by atoms with Crippen molar-refractivity contribution in [1.82, 2.24) is 0 Å². The van der Waals surface area contributed by atoms with Crippen molar-refractivity contribution in [2.45, 2.75) is 0 Å². The van der Waals surface area contributed by atoms with Crippen LogP contribution in [-0.4, -0.2) is 10.8 Å². The number of nitro benzene ring substituents is 1. The molecule has 0 aliphatic carbocycles. The summed E-state index contributed by atoms with van der Waals surface area (Å²) in [6.45, 7) is 0. The maximum Gasteiger partial charge on any atom is 0.294 e. The first-order chi connectivity index (χ1) is 9.88. The van der Waals surface area contributed by atoms with E-state index >= 15 is 0 Å². The van der Waals surface area contributed by atoms with Gasteiger partial charge in [0.1, 0.15) is 11.5 Å². The average Bonchev–Trinajstić information content (AvgIpc) is 2.40. The number of amides is 1. The largest absolute Gasteiger partial charge is 0.316 e. The van der Waals surface area contributed by atoms with Crippen LogP contribution in [0.4, 0.5) is 15.8 Å². The number of carbonyl (C=O) groups is 1. The Bertz CT molecular complexity index is 739. The standard InChI is InChI=1S/C13H7BrClFN2O3/c14-10-6-8(16)2-3-9(10)13(19)17-11-4-1-7(15)5-12(11)18(20)21/h1-6H,(H,17,19). The van der Waals surface area contributed by atoms with Gasteiger partial charge in [-0.3, -0.25) is 14.9 Å². The highest BCUT2D eigenvalue weighted by molar-refractivity contribution is 9.10. The number of hydrogen-bond acceptors (Lipinski definition) is 3. The van der Waals surface area contributed by atoms with E-state index in [0.29, 0.717) is 0 Å². The Balaban J connectivity index is 2.34. The first-order valence-corrected chi connectivity index (χ1v) is 6.76. The van der Waals surface area contributed by atoms with Crippen LogP contribution in [0.25, 0.3) is 0 Å². The van der Waals surface area contributed by atoms with E-state index in [0.717, 1.165) is 18.2 Å². The Morgan fingerprint density at radius 2 is 2.00 bits per heavy atom. The molecule has 1 amide bonds. The van der Waals surface area contributed by atoms with Crippen LogP contribution in [-0.2, 0) is 0 Å². The van der Waals surface area contributed by atoms with Crippen LogP contribution in [0.2, 0.25) is 5.02 Å². The van der Waals surface area contributed by atoms with Gasteiger partial charge in [0.25, 0.3) is 11.6 Å². The van der Waals surface area contributed by atoms with Crippen LogP contribution >= 0.6 is 27.5 Å². The summed E-state index contributed by atoms with van der Waals surface area (Å²) in [6, 6.07) is 7.41. The van der Waals surface area contributed by atoms with Crippen LogP contribution in [0.15, 0.2) is 40.9 Å². The molecule has 0 heterocycles. The van der Waals surface area contributed by atoms with Crippen molar-refractivity contribution in [3.05, 3.63) is 67.4 Å². The Hall–Kier alpha value is -1.99. The average molecular weight is 374 g/mol. The summed E-state index contributed by atoms with van der Waals surface area (Å²) < 4.78 is 13.2. The Morgan fingerprint density at radius 1 is 1.29 bits per heavy atom. The third-order valence-electron chi connectivity index (χ3n) is 2.58. The van der Waals surface area contributed by atoms with Gasteiger partial charge >= 0.3 is 0 Å². The molecule has 108 valence electrons. The molecule has 0 aliphatic rings. The van der Waals surface area contributed by atoms with E-state index in [9.17, 15) is 19.3 Å². The second-order valence-electron chi connectivity index (χ2n) is 4.00. The molecule has 0 saturated heterocycles. The fraction of sp³-hybridized carbons (Fsp3) is 0. The lowest BCUT2D eigenvalue weighted by Crippen LogP contribution is -2.13. The number of rotatable bonds is 3. The normalized spacial score (nSPS) is 10.2.